The van der Waals surface area contributed by atoms with Gasteiger partial charge in [0.1, 0.15) is 0 Å². The van der Waals surface area contributed by atoms with Crippen LogP contribution in [0.1, 0.15) is 17.3 Å². The number of nitrogens with one attached hydrogen (secondary N) is 3. The van der Waals surface area contributed by atoms with Crippen LogP contribution < -0.4 is 10.6 Å². The number of nitrogens with zero attached hydrogens (tertiary/aromatic N) is 3. The SMILES string of the molecule is CN=C(NCCc1c[nH]c2ccccc12)NCc1noc(C)n1.I. The van der Waals surface area contributed by atoms with Crippen molar-refractivity contribution in [3.05, 3.63) is 47.7 Å². The standard InChI is InChI=1S/C16H20N6O.HI/c1-11-21-15(22-23-11)10-20-16(17-2)18-8-7-12-9-19-14-6-4-3-5-13(12)14;/h3-6,9,19H,7-8,10H2,1-2H3,(H2,17,18,20);1H. The summed E-state index contributed by atoms with van der Waals surface area (Å²) in [6, 6.07) is 8.30. The van der Waals surface area contributed by atoms with Gasteiger partial charge >= 0.3 is 0 Å². The van der Waals surface area contributed by atoms with Crippen molar-refractivity contribution >= 4 is 40.8 Å². The average molecular weight is 440 g/mol. The molecule has 3 rings (SSSR count). The zero-order valence-corrected chi connectivity index (χ0v) is 16.0. The molecular weight excluding hydrogens is 419 g/mol. The van der Waals surface area contributed by atoms with Crippen LogP contribution in [0.15, 0.2) is 40.0 Å². The Bertz CT molecular complexity index is 810. The maximum absolute atomic E-state index is 4.94. The van der Waals surface area contributed by atoms with Crippen LogP contribution in [0.4, 0.5) is 0 Å². The van der Waals surface area contributed by atoms with Crippen LogP contribution in [0.5, 0.6) is 0 Å². The number of aromatic nitrogens is 3. The van der Waals surface area contributed by atoms with Crippen LogP contribution >= 0.6 is 24.0 Å². The normalized spacial score (nSPS) is 11.3. The Hall–Kier alpha value is -2.10. The summed E-state index contributed by atoms with van der Waals surface area (Å²) in [6.07, 6.45) is 2.97. The van der Waals surface area contributed by atoms with Crippen LogP contribution in [0.2, 0.25) is 0 Å². The van der Waals surface area contributed by atoms with Crippen molar-refractivity contribution in [1.29, 1.82) is 0 Å². The third-order valence-electron chi connectivity index (χ3n) is 3.57. The third kappa shape index (κ3) is 4.47. The molecule has 0 aliphatic carbocycles. The Morgan fingerprint density at radius 3 is 2.88 bits per heavy atom. The molecule has 0 radical (unpaired) electrons. The van der Waals surface area contributed by atoms with E-state index in [9.17, 15) is 0 Å². The van der Waals surface area contributed by atoms with Crippen LogP contribution in [0.3, 0.4) is 0 Å². The van der Waals surface area contributed by atoms with E-state index in [0.29, 0.717) is 24.2 Å². The molecule has 0 fully saturated rings. The number of aryl methyl sites for hydroxylation is 1. The molecule has 2 heterocycles. The molecular formula is C16H21IN6O. The number of guanidine groups is 1. The molecule has 0 spiro atoms. The average Bonchev–Trinajstić information content (AvgIpc) is 3.17. The quantitative estimate of drug-likeness (QED) is 0.322. The van der Waals surface area contributed by atoms with E-state index < -0.39 is 0 Å². The van der Waals surface area contributed by atoms with Gasteiger partial charge in [-0.05, 0) is 18.1 Å². The highest BCUT2D eigenvalue weighted by atomic mass is 127. The molecule has 8 heteroatoms. The number of para-hydroxylation sites is 1. The second-order valence-corrected chi connectivity index (χ2v) is 5.19. The van der Waals surface area contributed by atoms with Crippen molar-refractivity contribution in [2.75, 3.05) is 13.6 Å². The molecule has 3 aromatic rings. The Morgan fingerprint density at radius 2 is 2.12 bits per heavy atom. The highest BCUT2D eigenvalue weighted by Crippen LogP contribution is 2.17. The van der Waals surface area contributed by atoms with E-state index in [2.05, 4.69) is 55.1 Å². The van der Waals surface area contributed by atoms with Crippen molar-refractivity contribution in [3.63, 3.8) is 0 Å². The number of aliphatic imine (C=N–C) groups is 1. The minimum absolute atomic E-state index is 0. The molecule has 0 amide bonds. The van der Waals surface area contributed by atoms with Gasteiger partial charge in [0.15, 0.2) is 11.8 Å². The summed E-state index contributed by atoms with van der Waals surface area (Å²) in [4.78, 5) is 11.6. The number of halogens is 1. The van der Waals surface area contributed by atoms with Gasteiger partial charge in [0.2, 0.25) is 5.89 Å². The van der Waals surface area contributed by atoms with Crippen LogP contribution in [0, 0.1) is 6.92 Å². The second kappa shape index (κ2) is 8.67. The van der Waals surface area contributed by atoms with E-state index in [0.717, 1.165) is 18.5 Å². The van der Waals surface area contributed by atoms with Crippen LogP contribution in [-0.4, -0.2) is 34.7 Å². The summed E-state index contributed by atoms with van der Waals surface area (Å²) in [5.41, 5.74) is 2.45. The van der Waals surface area contributed by atoms with Gasteiger partial charge in [0.05, 0.1) is 6.54 Å². The van der Waals surface area contributed by atoms with Crippen molar-refractivity contribution < 1.29 is 4.52 Å². The topological polar surface area (TPSA) is 91.1 Å². The first-order valence-electron chi connectivity index (χ1n) is 7.55. The van der Waals surface area contributed by atoms with E-state index >= 15 is 0 Å². The predicted molar refractivity (Wildman–Crippen MR) is 105 cm³/mol. The molecule has 0 atom stereocenters. The van der Waals surface area contributed by atoms with Gasteiger partial charge < -0.3 is 20.1 Å². The fourth-order valence-electron chi connectivity index (χ4n) is 2.45. The van der Waals surface area contributed by atoms with Gasteiger partial charge in [0.25, 0.3) is 0 Å². The zero-order valence-electron chi connectivity index (χ0n) is 13.7. The molecule has 0 unspecified atom stereocenters. The predicted octanol–water partition coefficient (Wildman–Crippen LogP) is 2.39. The van der Waals surface area contributed by atoms with Crippen molar-refractivity contribution in [3.8, 4) is 0 Å². The number of aromatic amines is 1. The number of H-pyrrole nitrogens is 1. The van der Waals surface area contributed by atoms with E-state index in [1.54, 1.807) is 14.0 Å². The minimum Gasteiger partial charge on any atom is -0.361 e. The van der Waals surface area contributed by atoms with Gasteiger partial charge in [-0.25, -0.2) is 0 Å². The third-order valence-corrected chi connectivity index (χ3v) is 3.57. The van der Waals surface area contributed by atoms with Gasteiger partial charge in [-0.1, -0.05) is 23.4 Å². The van der Waals surface area contributed by atoms with Crippen LogP contribution in [-0.2, 0) is 13.0 Å². The maximum atomic E-state index is 4.94. The Morgan fingerprint density at radius 1 is 1.29 bits per heavy atom. The molecule has 0 saturated carbocycles. The zero-order chi connectivity index (χ0) is 16.1. The molecule has 24 heavy (non-hydrogen) atoms. The van der Waals surface area contributed by atoms with Crippen molar-refractivity contribution in [2.24, 2.45) is 4.99 Å². The number of rotatable bonds is 5. The first-order chi connectivity index (χ1) is 11.3. The highest BCUT2D eigenvalue weighted by molar-refractivity contribution is 14.0. The molecule has 3 N–H and O–H groups in total. The molecule has 0 aliphatic heterocycles. The minimum atomic E-state index is 0. The summed E-state index contributed by atoms with van der Waals surface area (Å²) in [7, 11) is 1.74. The highest BCUT2D eigenvalue weighted by Gasteiger charge is 2.05. The maximum Gasteiger partial charge on any atom is 0.223 e. The molecule has 128 valence electrons. The lowest BCUT2D eigenvalue weighted by Gasteiger charge is -2.10. The van der Waals surface area contributed by atoms with Crippen molar-refractivity contribution in [1.82, 2.24) is 25.8 Å². The van der Waals surface area contributed by atoms with E-state index in [1.807, 2.05) is 6.07 Å². The molecule has 0 saturated heterocycles. The first kappa shape index (κ1) is 18.2. The fourth-order valence-corrected chi connectivity index (χ4v) is 2.45. The van der Waals surface area contributed by atoms with E-state index in [1.165, 1.54) is 10.9 Å². The second-order valence-electron chi connectivity index (χ2n) is 5.19. The number of fused-ring (bicyclic) bond motifs is 1. The Labute approximate surface area is 157 Å². The molecule has 2 aromatic heterocycles. The van der Waals surface area contributed by atoms with E-state index in [-0.39, 0.29) is 24.0 Å². The van der Waals surface area contributed by atoms with Gasteiger partial charge in [-0.3, -0.25) is 4.99 Å². The summed E-state index contributed by atoms with van der Waals surface area (Å²) in [5.74, 6) is 1.89. The Kier molecular flexibility index (Phi) is 6.59. The smallest absolute Gasteiger partial charge is 0.223 e. The van der Waals surface area contributed by atoms with Crippen LogP contribution in [0.25, 0.3) is 10.9 Å². The molecule has 0 aliphatic rings. The lowest BCUT2D eigenvalue weighted by Crippen LogP contribution is -2.38. The molecule has 7 nitrogen and oxygen atoms in total. The number of hydrogen-bond donors (Lipinski definition) is 3. The monoisotopic (exact) mass is 440 g/mol. The van der Waals surface area contributed by atoms with Gasteiger partial charge in [-0.15, -0.1) is 24.0 Å². The molecule has 1 aromatic carbocycles. The summed E-state index contributed by atoms with van der Waals surface area (Å²) in [6.45, 7) is 3.03. The van der Waals surface area contributed by atoms with Gasteiger partial charge in [-0.2, -0.15) is 4.98 Å². The number of hydrogen-bond acceptors (Lipinski definition) is 4. The summed E-state index contributed by atoms with van der Waals surface area (Å²) < 4.78 is 4.94. The summed E-state index contributed by atoms with van der Waals surface area (Å²) >= 11 is 0. The first-order valence-corrected chi connectivity index (χ1v) is 7.55. The van der Waals surface area contributed by atoms with Crippen molar-refractivity contribution in [2.45, 2.75) is 19.9 Å². The lowest BCUT2D eigenvalue weighted by molar-refractivity contribution is 0.387. The lowest BCUT2D eigenvalue weighted by atomic mass is 10.1. The number of benzene rings is 1. The Balaban J connectivity index is 0.00000208. The van der Waals surface area contributed by atoms with Gasteiger partial charge in [0, 0.05) is 37.6 Å². The fraction of sp³-hybridized carbons (Fsp3) is 0.312. The molecule has 0 bridgehead atoms. The van der Waals surface area contributed by atoms with E-state index in [4.69, 9.17) is 4.52 Å². The summed E-state index contributed by atoms with van der Waals surface area (Å²) in [5, 5.41) is 11.6. The largest absolute Gasteiger partial charge is 0.361 e.